The quantitative estimate of drug-likeness (QED) is 0.0725. The molecule has 0 fully saturated rings. The highest BCUT2D eigenvalue weighted by Crippen LogP contribution is 2.40. The van der Waals surface area contributed by atoms with Crippen molar-refractivity contribution in [2.24, 2.45) is 5.92 Å². The van der Waals surface area contributed by atoms with Crippen LogP contribution in [0.2, 0.25) is 0 Å². The molecular formula is C36H44O12. The van der Waals surface area contributed by atoms with Gasteiger partial charge in [0.2, 0.25) is 0 Å². The summed E-state index contributed by atoms with van der Waals surface area (Å²) in [5.74, 6) is -0.619. The van der Waals surface area contributed by atoms with Crippen molar-refractivity contribution in [1.29, 1.82) is 0 Å². The van der Waals surface area contributed by atoms with E-state index in [1.807, 2.05) is 0 Å². The van der Waals surface area contributed by atoms with Crippen LogP contribution in [-0.2, 0) is 38.1 Å². The fourth-order valence-electron chi connectivity index (χ4n) is 3.57. The summed E-state index contributed by atoms with van der Waals surface area (Å²) in [7, 11) is 0. The first-order valence-electron chi connectivity index (χ1n) is 15.2. The number of benzene rings is 2. The third kappa shape index (κ3) is 13.6. The maximum absolute atomic E-state index is 11.9. The van der Waals surface area contributed by atoms with E-state index in [1.54, 1.807) is 71.0 Å². The molecule has 48 heavy (non-hydrogen) atoms. The van der Waals surface area contributed by atoms with Gasteiger partial charge in [0.25, 0.3) is 0 Å². The summed E-state index contributed by atoms with van der Waals surface area (Å²) in [4.78, 5) is 47.1. The standard InChI is InChI=1S/C36H44O12/c1-23(2)33(37)45-17-13-41-27-9-11-29(31(21-27)43-15-19-47-35(39)25(5)6)30-12-10-28(42-14-18-46-34(38)24(3)4)22-32(30)44-16-20-48-36(40)26(7)8/h9-12,21-22,26H,1,3,5,13-20H2,2,4,6-8H3. The van der Waals surface area contributed by atoms with E-state index in [1.165, 1.54) is 0 Å². The number of rotatable bonds is 21. The van der Waals surface area contributed by atoms with Crippen molar-refractivity contribution < 1.29 is 57.1 Å². The van der Waals surface area contributed by atoms with Gasteiger partial charge in [-0.1, -0.05) is 33.6 Å². The van der Waals surface area contributed by atoms with E-state index in [0.29, 0.717) is 34.1 Å². The summed E-state index contributed by atoms with van der Waals surface area (Å²) < 4.78 is 44.3. The first-order valence-corrected chi connectivity index (χ1v) is 15.2. The van der Waals surface area contributed by atoms with Gasteiger partial charge < -0.3 is 37.9 Å². The van der Waals surface area contributed by atoms with Crippen LogP contribution in [0.3, 0.4) is 0 Å². The maximum Gasteiger partial charge on any atom is 0.333 e. The average molecular weight is 669 g/mol. The number of hydrogen-bond donors (Lipinski definition) is 0. The number of esters is 4. The normalized spacial score (nSPS) is 10.4. The molecule has 0 unspecified atom stereocenters. The molecule has 0 aromatic heterocycles. The lowest BCUT2D eigenvalue weighted by molar-refractivity contribution is -0.148. The van der Waals surface area contributed by atoms with Crippen molar-refractivity contribution >= 4 is 23.9 Å². The first-order chi connectivity index (χ1) is 22.8. The third-order valence-corrected chi connectivity index (χ3v) is 6.04. The van der Waals surface area contributed by atoms with Gasteiger partial charge in [-0.05, 0) is 45.0 Å². The average Bonchev–Trinajstić information content (AvgIpc) is 3.04. The minimum atomic E-state index is -0.543. The van der Waals surface area contributed by atoms with E-state index in [2.05, 4.69) is 19.7 Å². The molecule has 0 atom stereocenters. The van der Waals surface area contributed by atoms with Gasteiger partial charge in [-0.25, -0.2) is 14.4 Å². The Morgan fingerprint density at radius 1 is 0.521 bits per heavy atom. The molecule has 12 heteroatoms. The van der Waals surface area contributed by atoms with Gasteiger partial charge in [-0.2, -0.15) is 0 Å². The Hall–Kier alpha value is -5.26. The predicted molar refractivity (Wildman–Crippen MR) is 177 cm³/mol. The summed E-state index contributed by atoms with van der Waals surface area (Å²) in [6, 6.07) is 10.2. The molecule has 260 valence electrons. The monoisotopic (exact) mass is 668 g/mol. The molecule has 0 N–H and O–H groups in total. The van der Waals surface area contributed by atoms with Gasteiger partial charge in [-0.3, -0.25) is 4.79 Å². The van der Waals surface area contributed by atoms with Gasteiger partial charge in [0.15, 0.2) is 0 Å². The second kappa shape index (κ2) is 20.1. The van der Waals surface area contributed by atoms with Gasteiger partial charge in [0, 0.05) is 40.0 Å². The molecule has 2 aromatic rings. The molecule has 0 aliphatic rings. The van der Waals surface area contributed by atoms with Crippen LogP contribution < -0.4 is 18.9 Å². The predicted octanol–water partition coefficient (Wildman–Crippen LogP) is 5.43. The lowest BCUT2D eigenvalue weighted by Crippen LogP contribution is -2.16. The smallest absolute Gasteiger partial charge is 0.333 e. The van der Waals surface area contributed by atoms with Crippen molar-refractivity contribution in [2.45, 2.75) is 34.6 Å². The first kappa shape index (κ1) is 38.9. The summed E-state index contributed by atoms with van der Waals surface area (Å²) >= 11 is 0. The lowest BCUT2D eigenvalue weighted by Gasteiger charge is -2.18. The molecule has 0 amide bonds. The molecule has 0 saturated carbocycles. The highest BCUT2D eigenvalue weighted by molar-refractivity contribution is 5.87. The van der Waals surface area contributed by atoms with Crippen LogP contribution in [0.4, 0.5) is 0 Å². The van der Waals surface area contributed by atoms with Gasteiger partial charge >= 0.3 is 23.9 Å². The molecule has 0 saturated heterocycles. The Labute approximate surface area is 281 Å². The van der Waals surface area contributed by atoms with Crippen molar-refractivity contribution in [1.82, 2.24) is 0 Å². The zero-order valence-electron chi connectivity index (χ0n) is 28.2. The summed E-state index contributed by atoms with van der Waals surface area (Å²) in [5.41, 5.74) is 2.01. The lowest BCUT2D eigenvalue weighted by atomic mass is 10.0. The zero-order chi connectivity index (χ0) is 35.6. The fourth-order valence-corrected chi connectivity index (χ4v) is 3.57. The molecule has 0 aliphatic carbocycles. The molecule has 2 rings (SSSR count). The van der Waals surface area contributed by atoms with E-state index < -0.39 is 17.9 Å². The molecule has 12 nitrogen and oxygen atoms in total. The summed E-state index contributed by atoms with van der Waals surface area (Å²) in [6.45, 7) is 19.0. The minimum absolute atomic E-state index is 0.00766. The Kier molecular flexibility index (Phi) is 16.3. The van der Waals surface area contributed by atoms with Crippen LogP contribution in [0.25, 0.3) is 11.1 Å². The molecule has 0 radical (unpaired) electrons. The van der Waals surface area contributed by atoms with Gasteiger partial charge in [-0.15, -0.1) is 0 Å². The van der Waals surface area contributed by atoms with E-state index >= 15 is 0 Å². The van der Waals surface area contributed by atoms with Gasteiger partial charge in [0.1, 0.15) is 75.9 Å². The second-order valence-corrected chi connectivity index (χ2v) is 10.8. The van der Waals surface area contributed by atoms with E-state index in [9.17, 15) is 19.2 Å². The topological polar surface area (TPSA) is 142 Å². The maximum atomic E-state index is 11.9. The molecule has 2 aromatic carbocycles. The number of ether oxygens (including phenoxy) is 8. The van der Waals surface area contributed by atoms with Crippen molar-refractivity contribution in [2.75, 3.05) is 52.9 Å². The van der Waals surface area contributed by atoms with Crippen LogP contribution in [0, 0.1) is 5.92 Å². The Bertz CT molecular complexity index is 1470. The van der Waals surface area contributed by atoms with Crippen molar-refractivity contribution in [3.05, 3.63) is 72.9 Å². The fraction of sp³-hybridized carbons (Fsp3) is 0.389. The Balaban J connectivity index is 2.34. The molecular weight excluding hydrogens is 624 g/mol. The third-order valence-electron chi connectivity index (χ3n) is 6.04. The molecule has 0 aliphatic heterocycles. The highest BCUT2D eigenvalue weighted by atomic mass is 16.6. The highest BCUT2D eigenvalue weighted by Gasteiger charge is 2.17. The second-order valence-electron chi connectivity index (χ2n) is 10.8. The Morgan fingerprint density at radius 3 is 1.19 bits per heavy atom. The summed E-state index contributed by atoms with van der Waals surface area (Å²) in [6.07, 6.45) is 0. The minimum Gasteiger partial charge on any atom is -0.490 e. The van der Waals surface area contributed by atoms with Crippen LogP contribution in [0.1, 0.15) is 34.6 Å². The van der Waals surface area contributed by atoms with Crippen LogP contribution in [0.5, 0.6) is 23.0 Å². The number of carbonyl (C=O) groups is 4. The molecule has 0 heterocycles. The number of hydrogen-bond acceptors (Lipinski definition) is 12. The molecule has 0 spiro atoms. The molecule has 0 bridgehead atoms. The zero-order valence-corrected chi connectivity index (χ0v) is 28.2. The van der Waals surface area contributed by atoms with Crippen LogP contribution in [0.15, 0.2) is 72.9 Å². The SMILES string of the molecule is C=C(C)C(=O)OCCOc1ccc(-c2ccc(OCCOC(=O)C(=C)C)cc2OCCOC(=O)C(C)C)c(OCCOC(=O)C(=C)C)c1. The van der Waals surface area contributed by atoms with E-state index in [4.69, 9.17) is 37.9 Å². The number of carbonyl (C=O) groups excluding carboxylic acids is 4. The van der Waals surface area contributed by atoms with E-state index in [-0.39, 0.29) is 81.5 Å². The van der Waals surface area contributed by atoms with Crippen molar-refractivity contribution in [3.63, 3.8) is 0 Å². The van der Waals surface area contributed by atoms with Crippen molar-refractivity contribution in [3.8, 4) is 34.1 Å². The Morgan fingerprint density at radius 2 is 0.854 bits per heavy atom. The largest absolute Gasteiger partial charge is 0.490 e. The van der Waals surface area contributed by atoms with Crippen LogP contribution >= 0.6 is 0 Å². The summed E-state index contributed by atoms with van der Waals surface area (Å²) in [5, 5.41) is 0. The van der Waals surface area contributed by atoms with Crippen LogP contribution in [-0.4, -0.2) is 76.7 Å². The van der Waals surface area contributed by atoms with E-state index in [0.717, 1.165) is 0 Å². The van der Waals surface area contributed by atoms with Gasteiger partial charge in [0.05, 0.1) is 5.92 Å².